The summed E-state index contributed by atoms with van der Waals surface area (Å²) >= 11 is 0. The van der Waals surface area contributed by atoms with Gasteiger partial charge in [0.2, 0.25) is 0 Å². The highest BCUT2D eigenvalue weighted by atomic mass is 16.3. The summed E-state index contributed by atoms with van der Waals surface area (Å²) in [5, 5.41) is 9.89. The van der Waals surface area contributed by atoms with Crippen molar-refractivity contribution in [2.45, 2.75) is 50.6 Å². The molecule has 0 amide bonds. The Morgan fingerprint density at radius 3 is 2.85 bits per heavy atom. The molecule has 1 aliphatic carbocycles. The van der Waals surface area contributed by atoms with Gasteiger partial charge in [-0.2, -0.15) is 0 Å². The third-order valence-corrected chi connectivity index (χ3v) is 6.12. The summed E-state index contributed by atoms with van der Waals surface area (Å²) in [6.07, 6.45) is 12.1. The summed E-state index contributed by atoms with van der Waals surface area (Å²) in [5.74, 6) is 0.669. The molecule has 0 radical (unpaired) electrons. The quantitative estimate of drug-likeness (QED) is 0.651. The number of para-hydroxylation sites is 1. The first-order valence-electron chi connectivity index (χ1n) is 9.81. The summed E-state index contributed by atoms with van der Waals surface area (Å²) < 4.78 is 0. The molecule has 1 saturated heterocycles. The van der Waals surface area contributed by atoms with E-state index in [1.54, 1.807) is 36.7 Å². The van der Waals surface area contributed by atoms with Gasteiger partial charge in [0.25, 0.3) is 0 Å². The number of hydrogen-bond donors (Lipinski definition) is 1. The molecule has 2 bridgehead atoms. The number of aromatic nitrogens is 2. The van der Waals surface area contributed by atoms with E-state index in [0.717, 1.165) is 37.3 Å². The maximum atomic E-state index is 12.5. The molecular weight excluding hydrogens is 338 g/mol. The van der Waals surface area contributed by atoms with Gasteiger partial charge in [0.15, 0.2) is 5.78 Å². The Morgan fingerprint density at radius 1 is 1.19 bits per heavy atom. The smallest absolute Gasteiger partial charge is 0.190 e. The molecule has 0 unspecified atom stereocenters. The zero-order valence-corrected chi connectivity index (χ0v) is 15.2. The molecule has 0 spiro atoms. The Balaban J connectivity index is 1.40. The Kier molecular flexibility index (Phi) is 3.96. The fourth-order valence-electron chi connectivity index (χ4n) is 4.52. The van der Waals surface area contributed by atoms with Crippen LogP contribution in [0.4, 0.5) is 0 Å². The number of carbonyl (C=O) groups excluding carboxylic acids is 1. The van der Waals surface area contributed by atoms with Gasteiger partial charge in [0, 0.05) is 24.0 Å². The Hall–Kier alpha value is -2.69. The van der Waals surface area contributed by atoms with Crippen LogP contribution in [0.2, 0.25) is 0 Å². The van der Waals surface area contributed by atoms with Crippen LogP contribution in [0.15, 0.2) is 42.9 Å². The van der Waals surface area contributed by atoms with Crippen molar-refractivity contribution in [2.75, 3.05) is 0 Å². The summed E-state index contributed by atoms with van der Waals surface area (Å²) in [4.78, 5) is 24.0. The summed E-state index contributed by atoms with van der Waals surface area (Å²) in [6, 6.07) is 7.31. The molecule has 5 nitrogen and oxygen atoms in total. The third kappa shape index (κ3) is 3.01. The maximum absolute atomic E-state index is 12.5. The number of phenols is 1. The van der Waals surface area contributed by atoms with Crippen LogP contribution in [0.25, 0.3) is 0 Å². The molecule has 5 rings (SSSR count). The lowest BCUT2D eigenvalue weighted by Gasteiger charge is -2.35. The molecule has 1 aromatic carbocycles. The molecule has 3 aliphatic rings. The average Bonchev–Trinajstić information content (AvgIpc) is 3.44. The fraction of sp³-hybridized carbons (Fsp3) is 0.409. The van der Waals surface area contributed by atoms with E-state index in [4.69, 9.17) is 0 Å². The van der Waals surface area contributed by atoms with E-state index >= 15 is 0 Å². The van der Waals surface area contributed by atoms with Crippen LogP contribution in [0.3, 0.4) is 0 Å². The Bertz CT molecular complexity index is 920. The topological polar surface area (TPSA) is 66.3 Å². The monoisotopic (exact) mass is 361 g/mol. The molecule has 3 heterocycles. The van der Waals surface area contributed by atoms with Crippen molar-refractivity contribution >= 4 is 5.78 Å². The molecule has 2 fully saturated rings. The highest BCUT2D eigenvalue weighted by molar-refractivity contribution is 6.06. The number of benzene rings is 1. The van der Waals surface area contributed by atoms with Crippen molar-refractivity contribution in [1.29, 1.82) is 0 Å². The number of fused-ring (bicyclic) bond motifs is 4. The van der Waals surface area contributed by atoms with Gasteiger partial charge < -0.3 is 10.0 Å². The molecule has 138 valence electrons. The van der Waals surface area contributed by atoms with Crippen LogP contribution < -0.4 is 0 Å². The number of aromatic hydroxyl groups is 1. The first kappa shape index (κ1) is 16.5. The Morgan fingerprint density at radius 2 is 2.04 bits per heavy atom. The molecule has 2 aromatic rings. The molecule has 2 aliphatic heterocycles. The van der Waals surface area contributed by atoms with E-state index in [1.165, 1.54) is 24.1 Å². The molecule has 1 N–H and O–H groups in total. The minimum Gasteiger partial charge on any atom is -0.507 e. The number of carbonyl (C=O) groups is 1. The highest BCUT2D eigenvalue weighted by Gasteiger charge is 2.40. The zero-order chi connectivity index (χ0) is 18.4. The number of rotatable bonds is 5. The molecule has 1 saturated carbocycles. The largest absolute Gasteiger partial charge is 0.507 e. The predicted molar refractivity (Wildman–Crippen MR) is 101 cm³/mol. The second-order valence-corrected chi connectivity index (χ2v) is 7.93. The first-order chi connectivity index (χ1) is 13.2. The van der Waals surface area contributed by atoms with Crippen molar-refractivity contribution in [2.24, 2.45) is 5.92 Å². The van der Waals surface area contributed by atoms with Gasteiger partial charge in [-0.05, 0) is 62.1 Å². The Labute approximate surface area is 158 Å². The van der Waals surface area contributed by atoms with Crippen LogP contribution in [0, 0.1) is 5.92 Å². The normalized spacial score (nSPS) is 23.6. The minimum absolute atomic E-state index is 0.0246. The van der Waals surface area contributed by atoms with Crippen molar-refractivity contribution in [3.05, 3.63) is 65.4 Å². The second-order valence-electron chi connectivity index (χ2n) is 7.93. The van der Waals surface area contributed by atoms with Gasteiger partial charge in [-0.15, -0.1) is 0 Å². The lowest BCUT2D eigenvalue weighted by molar-refractivity contribution is 0.104. The van der Waals surface area contributed by atoms with Gasteiger partial charge in [0.1, 0.15) is 12.1 Å². The molecule has 1 aromatic heterocycles. The van der Waals surface area contributed by atoms with Crippen molar-refractivity contribution in [3.8, 4) is 5.75 Å². The van der Waals surface area contributed by atoms with Crippen LogP contribution in [0.1, 0.15) is 59.0 Å². The van der Waals surface area contributed by atoms with Gasteiger partial charge in [0.05, 0.1) is 17.3 Å². The number of nitrogens with zero attached hydrogens (tertiary/aromatic N) is 3. The van der Waals surface area contributed by atoms with Crippen molar-refractivity contribution < 1.29 is 9.90 Å². The van der Waals surface area contributed by atoms with E-state index in [0.29, 0.717) is 11.6 Å². The standard InChI is InChI=1S/C22H23N3O2/c26-20-4-2-1-3-16(20)21(27)9-10-25-15-7-8-19(25)22-17(12-15)18(23-13-24-22)11-14-5-6-14/h1-4,9-10,13-15,19,26H,5-8,11-12H2/b10-9+/t15-,19+/m0/s1. The van der Waals surface area contributed by atoms with Gasteiger partial charge in [-0.25, -0.2) is 9.97 Å². The number of phenolic OH excluding ortho intramolecular Hbond substituents is 1. The van der Waals surface area contributed by atoms with Crippen LogP contribution >= 0.6 is 0 Å². The van der Waals surface area contributed by atoms with E-state index in [9.17, 15) is 9.90 Å². The maximum Gasteiger partial charge on any atom is 0.190 e. The summed E-state index contributed by atoms with van der Waals surface area (Å²) in [6.45, 7) is 0. The first-order valence-corrected chi connectivity index (χ1v) is 9.81. The second kappa shape index (κ2) is 6.48. The van der Waals surface area contributed by atoms with E-state index in [2.05, 4.69) is 14.9 Å². The lowest BCUT2D eigenvalue weighted by Crippen LogP contribution is -2.35. The minimum atomic E-state index is -0.171. The predicted octanol–water partition coefficient (Wildman–Crippen LogP) is 3.59. The molecule has 2 atom stereocenters. The fourth-order valence-corrected chi connectivity index (χ4v) is 4.52. The third-order valence-electron chi connectivity index (χ3n) is 6.12. The van der Waals surface area contributed by atoms with Crippen LogP contribution in [0.5, 0.6) is 5.75 Å². The zero-order valence-electron chi connectivity index (χ0n) is 15.2. The van der Waals surface area contributed by atoms with Crippen molar-refractivity contribution in [3.63, 3.8) is 0 Å². The van der Waals surface area contributed by atoms with Gasteiger partial charge >= 0.3 is 0 Å². The average molecular weight is 361 g/mol. The van der Waals surface area contributed by atoms with E-state index < -0.39 is 0 Å². The summed E-state index contributed by atoms with van der Waals surface area (Å²) in [7, 11) is 0. The number of ketones is 1. The van der Waals surface area contributed by atoms with E-state index in [1.807, 2.05) is 6.20 Å². The molecular formula is C22H23N3O2. The van der Waals surface area contributed by atoms with Crippen LogP contribution in [-0.2, 0) is 12.8 Å². The van der Waals surface area contributed by atoms with E-state index in [-0.39, 0.29) is 17.6 Å². The number of allylic oxidation sites excluding steroid dienone is 1. The molecule has 5 heteroatoms. The highest BCUT2D eigenvalue weighted by Crippen LogP contribution is 2.44. The lowest BCUT2D eigenvalue weighted by atomic mass is 9.94. The van der Waals surface area contributed by atoms with Gasteiger partial charge in [-0.3, -0.25) is 4.79 Å². The summed E-state index contributed by atoms with van der Waals surface area (Å²) in [5.41, 5.74) is 4.09. The SMILES string of the molecule is O=C(/C=C/N1[C@H]2CC[C@@H]1c1ncnc(CC3CC3)c1C2)c1ccccc1O. The number of hydrogen-bond acceptors (Lipinski definition) is 5. The van der Waals surface area contributed by atoms with Gasteiger partial charge in [-0.1, -0.05) is 12.1 Å². The van der Waals surface area contributed by atoms with Crippen LogP contribution in [-0.4, -0.2) is 31.8 Å². The molecule has 27 heavy (non-hydrogen) atoms. The van der Waals surface area contributed by atoms with Crippen molar-refractivity contribution in [1.82, 2.24) is 14.9 Å².